The molecular formula is C22H26N2O. The highest BCUT2D eigenvalue weighted by molar-refractivity contribution is 5.26. The third-order valence-electron chi connectivity index (χ3n) is 5.23. The standard InChI is InChI=1S/C22H26N2O/c23-16-20(17-10-4-1-5-11-17)24-21(18-12-6-2-7-13-18)22(25)19-14-8-3-9-15-19/h2-3,6-9,12-15,17,20-22,24-25H,1,4-5,10-11H2/t20?,21-,22+/m1/s1. The molecule has 1 saturated carbocycles. The zero-order valence-corrected chi connectivity index (χ0v) is 14.5. The molecule has 2 N–H and O–H groups in total. The molecule has 25 heavy (non-hydrogen) atoms. The Balaban J connectivity index is 1.84. The number of hydrogen-bond acceptors (Lipinski definition) is 3. The van der Waals surface area contributed by atoms with E-state index in [1.165, 1.54) is 19.3 Å². The summed E-state index contributed by atoms with van der Waals surface area (Å²) >= 11 is 0. The van der Waals surface area contributed by atoms with Crippen LogP contribution >= 0.6 is 0 Å². The highest BCUT2D eigenvalue weighted by Crippen LogP contribution is 2.32. The lowest BCUT2D eigenvalue weighted by atomic mass is 9.83. The number of hydrogen-bond donors (Lipinski definition) is 2. The van der Waals surface area contributed by atoms with Crippen LogP contribution in [0.2, 0.25) is 0 Å². The van der Waals surface area contributed by atoms with Crippen molar-refractivity contribution in [2.75, 3.05) is 0 Å². The van der Waals surface area contributed by atoms with E-state index in [2.05, 4.69) is 11.4 Å². The summed E-state index contributed by atoms with van der Waals surface area (Å²) in [6, 6.07) is 21.6. The Labute approximate surface area is 150 Å². The normalized spacial score (nSPS) is 18.9. The minimum Gasteiger partial charge on any atom is -0.386 e. The molecule has 2 aromatic rings. The molecule has 3 nitrogen and oxygen atoms in total. The Bertz CT molecular complexity index is 674. The summed E-state index contributed by atoms with van der Waals surface area (Å²) in [5, 5.41) is 24.2. The smallest absolute Gasteiger partial charge is 0.0987 e. The summed E-state index contributed by atoms with van der Waals surface area (Å²) in [5.74, 6) is 0.368. The van der Waals surface area contributed by atoms with Gasteiger partial charge in [-0.2, -0.15) is 5.26 Å². The van der Waals surface area contributed by atoms with Crippen LogP contribution < -0.4 is 5.32 Å². The van der Waals surface area contributed by atoms with Crippen molar-refractivity contribution in [3.8, 4) is 6.07 Å². The van der Waals surface area contributed by atoms with Gasteiger partial charge in [0.05, 0.1) is 24.3 Å². The molecule has 0 radical (unpaired) electrons. The number of benzene rings is 2. The lowest BCUT2D eigenvalue weighted by Crippen LogP contribution is -2.40. The molecule has 1 aliphatic carbocycles. The molecule has 0 bridgehead atoms. The van der Waals surface area contributed by atoms with Crippen LogP contribution in [0.1, 0.15) is 55.4 Å². The minimum atomic E-state index is -0.692. The maximum atomic E-state index is 11.0. The van der Waals surface area contributed by atoms with E-state index in [0.717, 1.165) is 24.0 Å². The number of nitrogens with one attached hydrogen (secondary N) is 1. The molecule has 0 aromatic heterocycles. The maximum Gasteiger partial charge on any atom is 0.0987 e. The third-order valence-corrected chi connectivity index (χ3v) is 5.23. The first-order valence-corrected chi connectivity index (χ1v) is 9.23. The lowest BCUT2D eigenvalue weighted by Gasteiger charge is -2.32. The van der Waals surface area contributed by atoms with Gasteiger partial charge in [-0.05, 0) is 29.9 Å². The summed E-state index contributed by atoms with van der Waals surface area (Å²) in [5.41, 5.74) is 1.87. The summed E-state index contributed by atoms with van der Waals surface area (Å²) in [4.78, 5) is 0. The third kappa shape index (κ3) is 4.48. The van der Waals surface area contributed by atoms with E-state index in [9.17, 15) is 10.4 Å². The molecule has 0 heterocycles. The van der Waals surface area contributed by atoms with Crippen LogP contribution in [0.15, 0.2) is 60.7 Å². The van der Waals surface area contributed by atoms with Gasteiger partial charge in [0.15, 0.2) is 0 Å². The quantitative estimate of drug-likeness (QED) is 0.816. The van der Waals surface area contributed by atoms with E-state index in [4.69, 9.17) is 0 Å². The Hall–Kier alpha value is -2.15. The van der Waals surface area contributed by atoms with E-state index in [1.54, 1.807) is 0 Å². The van der Waals surface area contributed by atoms with Crippen LogP contribution in [0.4, 0.5) is 0 Å². The van der Waals surface area contributed by atoms with Crippen LogP contribution in [-0.2, 0) is 0 Å². The van der Waals surface area contributed by atoms with Gasteiger partial charge in [-0.25, -0.2) is 0 Å². The van der Waals surface area contributed by atoms with E-state index >= 15 is 0 Å². The van der Waals surface area contributed by atoms with E-state index < -0.39 is 6.10 Å². The number of aliphatic hydroxyl groups is 1. The lowest BCUT2D eigenvalue weighted by molar-refractivity contribution is 0.117. The van der Waals surface area contributed by atoms with Crippen molar-refractivity contribution in [1.82, 2.24) is 5.32 Å². The topological polar surface area (TPSA) is 56.0 Å². The van der Waals surface area contributed by atoms with Gasteiger partial charge in [-0.3, -0.25) is 5.32 Å². The summed E-state index contributed by atoms with van der Waals surface area (Å²) in [7, 11) is 0. The molecule has 3 heteroatoms. The summed E-state index contributed by atoms with van der Waals surface area (Å²) in [6.07, 6.45) is 5.15. The van der Waals surface area contributed by atoms with Crippen molar-refractivity contribution in [2.24, 2.45) is 5.92 Å². The Morgan fingerprint density at radius 3 is 2.00 bits per heavy atom. The van der Waals surface area contributed by atoms with Crippen LogP contribution in [0.5, 0.6) is 0 Å². The van der Waals surface area contributed by atoms with E-state index in [-0.39, 0.29) is 12.1 Å². The van der Waals surface area contributed by atoms with Gasteiger partial charge in [0.25, 0.3) is 0 Å². The van der Waals surface area contributed by atoms with E-state index in [0.29, 0.717) is 5.92 Å². The number of rotatable bonds is 6. The highest BCUT2D eigenvalue weighted by atomic mass is 16.3. The highest BCUT2D eigenvalue weighted by Gasteiger charge is 2.30. The Morgan fingerprint density at radius 2 is 1.44 bits per heavy atom. The van der Waals surface area contributed by atoms with Crippen LogP contribution in [0, 0.1) is 17.2 Å². The van der Waals surface area contributed by atoms with Crippen molar-refractivity contribution in [3.05, 3.63) is 71.8 Å². The first-order chi connectivity index (χ1) is 12.3. The fourth-order valence-electron chi connectivity index (χ4n) is 3.81. The molecule has 0 aliphatic heterocycles. The van der Waals surface area contributed by atoms with Crippen molar-refractivity contribution >= 4 is 0 Å². The van der Waals surface area contributed by atoms with Gasteiger partial charge in [-0.15, -0.1) is 0 Å². The minimum absolute atomic E-state index is 0.233. The van der Waals surface area contributed by atoms with Crippen LogP contribution in [0.25, 0.3) is 0 Å². The largest absolute Gasteiger partial charge is 0.386 e. The summed E-state index contributed by atoms with van der Waals surface area (Å²) in [6.45, 7) is 0. The van der Waals surface area contributed by atoms with Gasteiger partial charge in [0, 0.05) is 0 Å². The first kappa shape index (κ1) is 17.7. The van der Waals surface area contributed by atoms with Crippen molar-refractivity contribution in [3.63, 3.8) is 0 Å². The predicted octanol–water partition coefficient (Wildman–Crippen LogP) is 4.52. The van der Waals surface area contributed by atoms with Crippen molar-refractivity contribution in [1.29, 1.82) is 5.26 Å². The molecule has 0 amide bonds. The fraction of sp³-hybridized carbons (Fsp3) is 0.409. The zero-order valence-electron chi connectivity index (χ0n) is 14.5. The van der Waals surface area contributed by atoms with Gasteiger partial charge < -0.3 is 5.11 Å². The molecule has 130 valence electrons. The molecule has 2 aromatic carbocycles. The SMILES string of the molecule is N#CC(N[C@H](c1ccccc1)[C@@H](O)c1ccccc1)C1CCCCC1. The first-order valence-electron chi connectivity index (χ1n) is 9.23. The second-order valence-electron chi connectivity index (χ2n) is 6.92. The molecule has 1 aliphatic rings. The van der Waals surface area contributed by atoms with Crippen LogP contribution in [-0.4, -0.2) is 11.1 Å². The maximum absolute atomic E-state index is 11.0. The van der Waals surface area contributed by atoms with E-state index in [1.807, 2.05) is 60.7 Å². The van der Waals surface area contributed by atoms with Crippen molar-refractivity contribution < 1.29 is 5.11 Å². The van der Waals surface area contributed by atoms with Crippen LogP contribution in [0.3, 0.4) is 0 Å². The molecule has 0 spiro atoms. The Morgan fingerprint density at radius 1 is 0.880 bits per heavy atom. The zero-order chi connectivity index (χ0) is 17.5. The average molecular weight is 334 g/mol. The molecule has 1 unspecified atom stereocenters. The second-order valence-corrected chi connectivity index (χ2v) is 6.92. The fourth-order valence-corrected chi connectivity index (χ4v) is 3.81. The van der Waals surface area contributed by atoms with Gasteiger partial charge >= 0.3 is 0 Å². The summed E-state index contributed by atoms with van der Waals surface area (Å²) < 4.78 is 0. The van der Waals surface area contributed by atoms with Gasteiger partial charge in [0.1, 0.15) is 0 Å². The predicted molar refractivity (Wildman–Crippen MR) is 99.7 cm³/mol. The van der Waals surface area contributed by atoms with Crippen molar-refractivity contribution in [2.45, 2.75) is 50.3 Å². The molecule has 3 rings (SSSR count). The number of nitrogens with zero attached hydrogens (tertiary/aromatic N) is 1. The second kappa shape index (κ2) is 8.80. The molecule has 3 atom stereocenters. The number of aliphatic hydroxyl groups excluding tert-OH is 1. The average Bonchev–Trinajstić information content (AvgIpc) is 2.70. The molecule has 0 saturated heterocycles. The Kier molecular flexibility index (Phi) is 6.22. The monoisotopic (exact) mass is 334 g/mol. The van der Waals surface area contributed by atoms with Gasteiger partial charge in [0.2, 0.25) is 0 Å². The van der Waals surface area contributed by atoms with Gasteiger partial charge in [-0.1, -0.05) is 79.9 Å². The molecular weight excluding hydrogens is 308 g/mol. The molecule has 1 fully saturated rings. The number of nitriles is 1.